The number of ether oxygens (including phenoxy) is 1. The zero-order valence-electron chi connectivity index (χ0n) is 19.8. The van der Waals surface area contributed by atoms with Crippen LogP contribution in [-0.4, -0.2) is 35.4 Å². The first kappa shape index (κ1) is 27.3. The van der Waals surface area contributed by atoms with Crippen LogP contribution in [0, 0.1) is 5.82 Å². The lowest BCUT2D eigenvalue weighted by Gasteiger charge is -2.43. The predicted molar refractivity (Wildman–Crippen MR) is 149 cm³/mol. The highest BCUT2D eigenvalue weighted by Crippen LogP contribution is 2.45. The van der Waals surface area contributed by atoms with E-state index < -0.39 is 11.5 Å². The Bertz CT molecular complexity index is 1360. The summed E-state index contributed by atoms with van der Waals surface area (Å²) < 4.78 is 19.2. The first-order valence-corrected chi connectivity index (χ1v) is 12.7. The molecule has 1 fully saturated rings. The van der Waals surface area contributed by atoms with Crippen LogP contribution in [0.2, 0.25) is 10.0 Å². The lowest BCUT2D eigenvalue weighted by Crippen LogP contribution is -2.52. The average Bonchev–Trinajstić information content (AvgIpc) is 2.86. The molecular formula is C30H31Cl2FN2O2. The van der Waals surface area contributed by atoms with Gasteiger partial charge in [0.2, 0.25) is 5.88 Å². The highest BCUT2D eigenvalue weighted by molar-refractivity contribution is 6.31. The number of piperidine rings is 1. The molecule has 0 aliphatic carbocycles. The van der Waals surface area contributed by atoms with E-state index in [1.54, 1.807) is 25.3 Å². The SMILES string of the molecule is C.COc1nc2ccc(Cl)cc2cc1C(c1ccc(Cl)cc1)C1(O)CCNC(Cc2ccc(F)cc2)C1. The largest absolute Gasteiger partial charge is 0.481 e. The second-order valence-electron chi connectivity index (χ2n) is 9.45. The predicted octanol–water partition coefficient (Wildman–Crippen LogP) is 7.18. The third-order valence-electron chi connectivity index (χ3n) is 7.00. The molecule has 3 unspecified atom stereocenters. The Morgan fingerprint density at radius 1 is 1.05 bits per heavy atom. The van der Waals surface area contributed by atoms with Gasteiger partial charge < -0.3 is 15.2 Å². The van der Waals surface area contributed by atoms with Gasteiger partial charge in [-0.15, -0.1) is 0 Å². The molecule has 0 bridgehead atoms. The molecule has 37 heavy (non-hydrogen) atoms. The highest BCUT2D eigenvalue weighted by Gasteiger charge is 2.44. The average molecular weight is 541 g/mol. The number of aliphatic hydroxyl groups is 1. The summed E-state index contributed by atoms with van der Waals surface area (Å²) in [7, 11) is 1.59. The minimum Gasteiger partial charge on any atom is -0.481 e. The van der Waals surface area contributed by atoms with Crippen molar-refractivity contribution in [2.45, 2.75) is 44.2 Å². The van der Waals surface area contributed by atoms with Gasteiger partial charge in [-0.25, -0.2) is 9.37 Å². The van der Waals surface area contributed by atoms with E-state index in [2.05, 4.69) is 5.32 Å². The van der Waals surface area contributed by atoms with Gasteiger partial charge in [0, 0.05) is 33.0 Å². The lowest BCUT2D eigenvalue weighted by atomic mass is 9.70. The molecule has 7 heteroatoms. The van der Waals surface area contributed by atoms with Crippen molar-refractivity contribution in [1.82, 2.24) is 10.3 Å². The minimum atomic E-state index is -1.09. The number of fused-ring (bicyclic) bond motifs is 1. The standard InChI is InChI=1S/C29H27Cl2FN2O2.CH4/c1-36-28-25(16-20-15-22(31)8-11-26(20)34-28)27(19-4-6-21(30)7-5-19)29(35)12-13-33-24(17-29)14-18-2-9-23(32)10-3-18;/h2-11,15-16,24,27,33,35H,12-14,17H2,1H3;1H4. The summed E-state index contributed by atoms with van der Waals surface area (Å²) in [4.78, 5) is 4.75. The molecule has 4 aromatic rings. The van der Waals surface area contributed by atoms with Gasteiger partial charge in [-0.1, -0.05) is 54.9 Å². The van der Waals surface area contributed by atoms with Crippen LogP contribution in [0.1, 0.15) is 42.9 Å². The Kier molecular flexibility index (Phi) is 8.39. The highest BCUT2D eigenvalue weighted by atomic mass is 35.5. The van der Waals surface area contributed by atoms with Crippen molar-refractivity contribution in [2.24, 2.45) is 0 Å². The third-order valence-corrected chi connectivity index (χ3v) is 7.49. The van der Waals surface area contributed by atoms with E-state index in [0.717, 1.165) is 27.6 Å². The van der Waals surface area contributed by atoms with Crippen LogP contribution in [0.25, 0.3) is 10.9 Å². The van der Waals surface area contributed by atoms with Crippen molar-refractivity contribution in [3.63, 3.8) is 0 Å². The fraction of sp³-hybridized carbons (Fsp3) is 0.300. The number of aromatic nitrogens is 1. The van der Waals surface area contributed by atoms with Crippen molar-refractivity contribution >= 4 is 34.1 Å². The lowest BCUT2D eigenvalue weighted by molar-refractivity contribution is -0.0191. The van der Waals surface area contributed by atoms with E-state index in [-0.39, 0.29) is 19.3 Å². The van der Waals surface area contributed by atoms with E-state index in [9.17, 15) is 9.50 Å². The van der Waals surface area contributed by atoms with Crippen LogP contribution >= 0.6 is 23.2 Å². The fourth-order valence-corrected chi connectivity index (χ4v) is 5.66. The molecule has 5 rings (SSSR count). The molecule has 1 aromatic heterocycles. The zero-order valence-corrected chi connectivity index (χ0v) is 21.4. The monoisotopic (exact) mass is 540 g/mol. The van der Waals surface area contributed by atoms with E-state index in [4.69, 9.17) is 32.9 Å². The van der Waals surface area contributed by atoms with E-state index in [1.165, 1.54) is 12.1 Å². The van der Waals surface area contributed by atoms with E-state index >= 15 is 0 Å². The molecule has 2 heterocycles. The second-order valence-corrected chi connectivity index (χ2v) is 10.3. The summed E-state index contributed by atoms with van der Waals surface area (Å²) in [6, 6.07) is 21.6. The quantitative estimate of drug-likeness (QED) is 0.272. The molecule has 2 N–H and O–H groups in total. The summed E-state index contributed by atoms with van der Waals surface area (Å²) in [6.07, 6.45) is 1.71. The van der Waals surface area contributed by atoms with Gasteiger partial charge in [0.15, 0.2) is 0 Å². The number of hydrogen-bond donors (Lipinski definition) is 2. The molecule has 1 saturated heterocycles. The van der Waals surface area contributed by atoms with Gasteiger partial charge in [0.05, 0.1) is 18.2 Å². The number of nitrogens with one attached hydrogen (secondary N) is 1. The summed E-state index contributed by atoms with van der Waals surface area (Å²) in [5.41, 5.74) is 2.40. The molecule has 0 radical (unpaired) electrons. The Morgan fingerprint density at radius 3 is 2.46 bits per heavy atom. The van der Waals surface area contributed by atoms with Crippen molar-refractivity contribution in [1.29, 1.82) is 0 Å². The molecule has 194 valence electrons. The minimum absolute atomic E-state index is 0. The molecule has 3 atom stereocenters. The Labute approximate surface area is 227 Å². The Balaban J connectivity index is 0.00000320. The first-order valence-electron chi connectivity index (χ1n) is 11.9. The molecule has 0 spiro atoms. The Hall–Kier alpha value is -2.70. The van der Waals surface area contributed by atoms with Gasteiger partial charge in [0.1, 0.15) is 5.82 Å². The summed E-state index contributed by atoms with van der Waals surface area (Å²) in [5, 5.41) is 17.9. The third kappa shape index (κ3) is 5.91. The maximum absolute atomic E-state index is 13.4. The van der Waals surface area contributed by atoms with Gasteiger partial charge in [-0.3, -0.25) is 0 Å². The maximum Gasteiger partial charge on any atom is 0.217 e. The van der Waals surface area contributed by atoms with Crippen molar-refractivity contribution in [3.05, 3.63) is 105 Å². The molecule has 1 aliphatic rings. The van der Waals surface area contributed by atoms with Gasteiger partial charge >= 0.3 is 0 Å². The normalized spacial score (nSPS) is 20.3. The molecular weight excluding hydrogens is 510 g/mol. The van der Waals surface area contributed by atoms with Crippen LogP contribution in [0.5, 0.6) is 5.88 Å². The molecule has 1 aliphatic heterocycles. The molecule has 0 amide bonds. The number of pyridine rings is 1. The smallest absolute Gasteiger partial charge is 0.217 e. The van der Waals surface area contributed by atoms with E-state index in [1.807, 2.05) is 42.5 Å². The number of nitrogens with zero attached hydrogens (tertiary/aromatic N) is 1. The van der Waals surface area contributed by atoms with Crippen LogP contribution in [0.4, 0.5) is 4.39 Å². The summed E-state index contributed by atoms with van der Waals surface area (Å²) in [5.74, 6) is -0.212. The summed E-state index contributed by atoms with van der Waals surface area (Å²) in [6.45, 7) is 0.640. The second kappa shape index (κ2) is 11.4. The van der Waals surface area contributed by atoms with Gasteiger partial charge in [-0.05, 0) is 85.5 Å². The Morgan fingerprint density at radius 2 is 1.76 bits per heavy atom. The van der Waals surface area contributed by atoms with Crippen LogP contribution in [0.15, 0.2) is 72.8 Å². The number of halogens is 3. The van der Waals surface area contributed by atoms with Crippen molar-refractivity contribution in [3.8, 4) is 5.88 Å². The van der Waals surface area contributed by atoms with Gasteiger partial charge in [0.25, 0.3) is 0 Å². The number of methoxy groups -OCH3 is 1. The summed E-state index contributed by atoms with van der Waals surface area (Å²) >= 11 is 12.5. The number of rotatable bonds is 6. The van der Waals surface area contributed by atoms with Crippen LogP contribution < -0.4 is 10.1 Å². The molecule has 0 saturated carbocycles. The first-order chi connectivity index (χ1) is 17.3. The number of benzene rings is 3. The van der Waals surface area contributed by atoms with Crippen LogP contribution in [-0.2, 0) is 6.42 Å². The zero-order chi connectivity index (χ0) is 25.3. The topological polar surface area (TPSA) is 54.4 Å². The fourth-order valence-electron chi connectivity index (χ4n) is 5.36. The van der Waals surface area contributed by atoms with Crippen molar-refractivity contribution < 1.29 is 14.2 Å². The van der Waals surface area contributed by atoms with E-state index in [0.29, 0.717) is 41.7 Å². The van der Waals surface area contributed by atoms with Crippen molar-refractivity contribution in [2.75, 3.05) is 13.7 Å². The maximum atomic E-state index is 13.4. The molecule has 4 nitrogen and oxygen atoms in total. The van der Waals surface area contributed by atoms with Crippen LogP contribution in [0.3, 0.4) is 0 Å². The van der Waals surface area contributed by atoms with Gasteiger partial charge in [-0.2, -0.15) is 0 Å². The molecule has 3 aromatic carbocycles. The number of hydrogen-bond acceptors (Lipinski definition) is 4.